The summed E-state index contributed by atoms with van der Waals surface area (Å²) in [6, 6.07) is 17.1. The number of carbonyl (C=O) groups excluding carboxylic acids is 2. The van der Waals surface area contributed by atoms with Gasteiger partial charge >= 0.3 is 17.6 Å². The van der Waals surface area contributed by atoms with Crippen LogP contribution < -0.4 is 11.2 Å². The molecule has 1 aromatic heterocycles. The lowest BCUT2D eigenvalue weighted by Gasteiger charge is -2.47. The van der Waals surface area contributed by atoms with Gasteiger partial charge in [0.15, 0.2) is 0 Å². The fourth-order valence-corrected chi connectivity index (χ4v) is 4.94. The van der Waals surface area contributed by atoms with Crippen LogP contribution >= 0.6 is 11.8 Å². The number of thioether (sulfide) groups is 1. The van der Waals surface area contributed by atoms with Crippen LogP contribution in [-0.4, -0.2) is 40.5 Å². The molecule has 0 saturated carbocycles. The number of hydrogen-bond acceptors (Lipinski definition) is 7. The van der Waals surface area contributed by atoms with E-state index in [1.165, 1.54) is 22.5 Å². The van der Waals surface area contributed by atoms with Crippen molar-refractivity contribution in [3.63, 3.8) is 0 Å². The number of nitrogens with one attached hydrogen (secondary N) is 1. The Balaban J connectivity index is 1.58. The number of carbonyl (C=O) groups is 2. The minimum Gasteiger partial charge on any atom is -0.461 e. The van der Waals surface area contributed by atoms with Gasteiger partial charge in [-0.05, 0) is 31.2 Å². The van der Waals surface area contributed by atoms with E-state index in [1.54, 1.807) is 67.6 Å². The molecule has 1 unspecified atom stereocenters. The maximum absolute atomic E-state index is 12.5. The van der Waals surface area contributed by atoms with Gasteiger partial charge in [0.25, 0.3) is 5.56 Å². The van der Waals surface area contributed by atoms with Crippen LogP contribution in [0, 0.1) is 12.3 Å². The van der Waals surface area contributed by atoms with Crippen molar-refractivity contribution in [1.29, 1.82) is 0 Å². The van der Waals surface area contributed by atoms with Gasteiger partial charge in [-0.3, -0.25) is 14.3 Å². The van der Waals surface area contributed by atoms with Crippen molar-refractivity contribution >= 4 is 23.7 Å². The zero-order chi connectivity index (χ0) is 23.4. The molecule has 1 aliphatic rings. The van der Waals surface area contributed by atoms with E-state index in [0.29, 0.717) is 22.4 Å². The number of ether oxygens (including phenoxy) is 2. The summed E-state index contributed by atoms with van der Waals surface area (Å²) < 4.78 is 12.6. The van der Waals surface area contributed by atoms with Crippen molar-refractivity contribution in [2.24, 2.45) is 5.41 Å². The summed E-state index contributed by atoms with van der Waals surface area (Å²) in [6.07, 6.45) is 1.48. The summed E-state index contributed by atoms with van der Waals surface area (Å²) in [5.74, 6) is -0.526. The summed E-state index contributed by atoms with van der Waals surface area (Å²) in [7, 11) is 0. The van der Waals surface area contributed by atoms with Crippen molar-refractivity contribution < 1.29 is 19.1 Å². The van der Waals surface area contributed by atoms with Gasteiger partial charge in [0, 0.05) is 17.5 Å². The highest BCUT2D eigenvalue weighted by molar-refractivity contribution is 8.00. The van der Waals surface area contributed by atoms with Crippen molar-refractivity contribution in [1.82, 2.24) is 9.55 Å². The van der Waals surface area contributed by atoms with Crippen LogP contribution in [0.4, 0.5) is 0 Å². The Bertz CT molecular complexity index is 1210. The Kier molecular flexibility index (Phi) is 6.50. The number of nitrogens with zero attached hydrogens (tertiary/aromatic N) is 1. The summed E-state index contributed by atoms with van der Waals surface area (Å²) in [4.78, 5) is 51.7. The van der Waals surface area contributed by atoms with Crippen molar-refractivity contribution in [3.8, 4) is 0 Å². The minimum atomic E-state index is -0.839. The molecule has 1 fully saturated rings. The summed E-state index contributed by atoms with van der Waals surface area (Å²) in [5.41, 5.74) is -0.704. The van der Waals surface area contributed by atoms with Gasteiger partial charge in [0.1, 0.15) is 13.2 Å². The van der Waals surface area contributed by atoms with Crippen LogP contribution in [0.3, 0.4) is 0 Å². The minimum absolute atomic E-state index is 0.0644. The molecule has 1 aliphatic heterocycles. The molecule has 3 aromatic rings. The van der Waals surface area contributed by atoms with Crippen LogP contribution in [-0.2, 0) is 9.47 Å². The first kappa shape index (κ1) is 22.6. The van der Waals surface area contributed by atoms with Crippen LogP contribution in [0.25, 0.3) is 0 Å². The molecule has 0 radical (unpaired) electrons. The monoisotopic (exact) mass is 466 g/mol. The van der Waals surface area contributed by atoms with Crippen LogP contribution in [0.5, 0.6) is 0 Å². The van der Waals surface area contributed by atoms with Gasteiger partial charge in [-0.1, -0.05) is 36.4 Å². The molecule has 170 valence electrons. The van der Waals surface area contributed by atoms with Crippen molar-refractivity contribution in [2.75, 3.05) is 19.0 Å². The van der Waals surface area contributed by atoms with Gasteiger partial charge in [0.05, 0.1) is 21.9 Å². The van der Waals surface area contributed by atoms with Crippen LogP contribution in [0.1, 0.15) is 31.7 Å². The summed E-state index contributed by atoms with van der Waals surface area (Å²) in [6.45, 7) is 1.47. The molecule has 2 heterocycles. The smallest absolute Gasteiger partial charge is 0.338 e. The Morgan fingerprint density at radius 3 is 1.94 bits per heavy atom. The highest BCUT2D eigenvalue weighted by atomic mass is 32.2. The van der Waals surface area contributed by atoms with E-state index < -0.39 is 34.0 Å². The molecule has 1 atom stereocenters. The third-order valence-electron chi connectivity index (χ3n) is 5.45. The molecule has 9 heteroatoms. The number of aryl methyl sites for hydroxylation is 1. The molecule has 33 heavy (non-hydrogen) atoms. The zero-order valence-electron chi connectivity index (χ0n) is 17.9. The topological polar surface area (TPSA) is 107 Å². The standard InChI is InChI=1S/C24H22N2O6S/c1-16-12-26(23(30)25-19(16)27)22-24(15-33-22,13-31-20(28)17-8-4-2-5-9-17)14-32-21(29)18-10-6-3-7-11-18/h2-12,22H,13-15H2,1H3,(H,25,27,30). The van der Waals surface area contributed by atoms with Gasteiger partial charge in [0.2, 0.25) is 0 Å². The average Bonchev–Trinajstić information content (AvgIpc) is 2.82. The molecule has 1 N–H and O–H groups in total. The van der Waals surface area contributed by atoms with E-state index >= 15 is 0 Å². The van der Waals surface area contributed by atoms with Crippen molar-refractivity contribution in [2.45, 2.75) is 12.3 Å². The first-order valence-electron chi connectivity index (χ1n) is 10.3. The predicted octanol–water partition coefficient (Wildman–Crippen LogP) is 2.79. The lowest BCUT2D eigenvalue weighted by molar-refractivity contribution is -0.0110. The Morgan fingerprint density at radius 2 is 1.48 bits per heavy atom. The van der Waals surface area contributed by atoms with E-state index in [1.807, 2.05) is 0 Å². The second-order valence-electron chi connectivity index (χ2n) is 7.89. The molecule has 0 bridgehead atoms. The Labute approximate surface area is 193 Å². The molecule has 4 rings (SSSR count). The molecule has 2 aromatic carbocycles. The second-order valence-corrected chi connectivity index (χ2v) is 8.96. The first-order valence-corrected chi connectivity index (χ1v) is 11.3. The highest BCUT2D eigenvalue weighted by Crippen LogP contribution is 2.53. The maximum Gasteiger partial charge on any atom is 0.338 e. The van der Waals surface area contributed by atoms with Crippen molar-refractivity contribution in [3.05, 3.63) is 104 Å². The van der Waals surface area contributed by atoms with Gasteiger partial charge in [-0.2, -0.15) is 0 Å². The fraction of sp³-hybridized carbons (Fsp3) is 0.250. The van der Waals surface area contributed by atoms with Gasteiger partial charge in [-0.25, -0.2) is 14.4 Å². The SMILES string of the molecule is Cc1cn(C2SCC2(COC(=O)c2ccccc2)COC(=O)c2ccccc2)c(=O)[nH]c1=O. The molecule has 0 spiro atoms. The zero-order valence-corrected chi connectivity index (χ0v) is 18.7. The second kappa shape index (κ2) is 9.50. The van der Waals surface area contributed by atoms with Crippen LogP contribution in [0.15, 0.2) is 76.4 Å². The number of aromatic amines is 1. The quantitative estimate of drug-likeness (QED) is 0.534. The third-order valence-corrected chi connectivity index (χ3v) is 7.24. The number of hydrogen-bond donors (Lipinski definition) is 1. The molecule has 8 nitrogen and oxygen atoms in total. The molecular weight excluding hydrogens is 444 g/mol. The lowest BCUT2D eigenvalue weighted by atomic mass is 9.90. The van der Waals surface area contributed by atoms with E-state index in [0.717, 1.165) is 0 Å². The maximum atomic E-state index is 12.5. The van der Waals surface area contributed by atoms with Crippen LogP contribution in [0.2, 0.25) is 0 Å². The molecule has 0 aliphatic carbocycles. The normalized spacial score (nSPS) is 16.5. The number of rotatable bonds is 7. The molecular formula is C24H22N2O6S. The Hall–Kier alpha value is -3.59. The molecule has 0 amide bonds. The van der Waals surface area contributed by atoms with Gasteiger partial charge < -0.3 is 9.47 Å². The predicted molar refractivity (Wildman–Crippen MR) is 123 cm³/mol. The fourth-order valence-electron chi connectivity index (χ4n) is 3.53. The van der Waals surface area contributed by atoms with E-state index in [2.05, 4.69) is 4.98 Å². The third kappa shape index (κ3) is 4.78. The Morgan fingerprint density at radius 1 is 0.970 bits per heavy atom. The largest absolute Gasteiger partial charge is 0.461 e. The summed E-state index contributed by atoms with van der Waals surface area (Å²) >= 11 is 1.45. The van der Waals surface area contributed by atoms with E-state index in [9.17, 15) is 19.2 Å². The molecule has 1 saturated heterocycles. The number of esters is 2. The van der Waals surface area contributed by atoms with Gasteiger partial charge in [-0.15, -0.1) is 11.8 Å². The highest BCUT2D eigenvalue weighted by Gasteiger charge is 2.52. The first-order chi connectivity index (χ1) is 15.9. The number of benzene rings is 2. The average molecular weight is 467 g/mol. The summed E-state index contributed by atoms with van der Waals surface area (Å²) in [5, 5.41) is -0.493. The lowest BCUT2D eigenvalue weighted by Crippen LogP contribution is -2.52. The number of aromatic nitrogens is 2. The number of H-pyrrole nitrogens is 1. The van der Waals surface area contributed by atoms with E-state index in [4.69, 9.17) is 9.47 Å². The van der Waals surface area contributed by atoms with E-state index in [-0.39, 0.29) is 13.2 Å².